The largest absolute Gasteiger partial charge is 0.325 e. The zero-order valence-corrected chi connectivity index (χ0v) is 10.2. The van der Waals surface area contributed by atoms with Crippen molar-refractivity contribution in [1.29, 1.82) is 0 Å². The SMILES string of the molecule is CCSc1ccc(NC(=O)CN)cc1.Cl. The molecule has 0 bridgehead atoms. The van der Waals surface area contributed by atoms with Crippen LogP contribution in [-0.2, 0) is 4.79 Å². The number of nitrogens with two attached hydrogens (primary N) is 1. The summed E-state index contributed by atoms with van der Waals surface area (Å²) in [5.74, 6) is 0.884. The second kappa shape index (κ2) is 7.56. The van der Waals surface area contributed by atoms with Crippen molar-refractivity contribution in [2.24, 2.45) is 5.73 Å². The van der Waals surface area contributed by atoms with Gasteiger partial charge in [-0.05, 0) is 30.0 Å². The minimum Gasteiger partial charge on any atom is -0.325 e. The van der Waals surface area contributed by atoms with Crippen LogP contribution in [0.4, 0.5) is 5.69 Å². The Morgan fingerprint density at radius 3 is 2.47 bits per heavy atom. The lowest BCUT2D eigenvalue weighted by Crippen LogP contribution is -2.21. The van der Waals surface area contributed by atoms with Gasteiger partial charge in [0.05, 0.1) is 6.54 Å². The Hall–Kier alpha value is -0.710. The molecule has 0 aromatic heterocycles. The van der Waals surface area contributed by atoms with Crippen LogP contribution in [0.3, 0.4) is 0 Å². The number of hydrogen-bond acceptors (Lipinski definition) is 3. The zero-order valence-electron chi connectivity index (χ0n) is 8.53. The minimum atomic E-state index is -0.166. The van der Waals surface area contributed by atoms with Crippen LogP contribution in [0.2, 0.25) is 0 Å². The second-order valence-corrected chi connectivity index (χ2v) is 4.05. The summed E-state index contributed by atoms with van der Waals surface area (Å²) in [6, 6.07) is 7.73. The third-order valence-corrected chi connectivity index (χ3v) is 2.53. The first-order valence-corrected chi connectivity index (χ1v) is 5.47. The fraction of sp³-hybridized carbons (Fsp3) is 0.300. The summed E-state index contributed by atoms with van der Waals surface area (Å²) in [5, 5.41) is 2.69. The van der Waals surface area contributed by atoms with E-state index in [9.17, 15) is 4.79 Å². The van der Waals surface area contributed by atoms with E-state index in [2.05, 4.69) is 12.2 Å². The van der Waals surface area contributed by atoms with Crippen LogP contribution >= 0.6 is 24.2 Å². The third kappa shape index (κ3) is 5.06. The van der Waals surface area contributed by atoms with Crippen molar-refractivity contribution in [3.05, 3.63) is 24.3 Å². The lowest BCUT2D eigenvalue weighted by molar-refractivity contribution is -0.114. The van der Waals surface area contributed by atoms with Gasteiger partial charge in [0.15, 0.2) is 0 Å². The number of anilines is 1. The maximum Gasteiger partial charge on any atom is 0.238 e. The van der Waals surface area contributed by atoms with Crippen LogP contribution in [0, 0.1) is 0 Å². The number of hydrogen-bond donors (Lipinski definition) is 2. The lowest BCUT2D eigenvalue weighted by Gasteiger charge is -2.04. The van der Waals surface area contributed by atoms with Crippen LogP contribution < -0.4 is 11.1 Å². The van der Waals surface area contributed by atoms with E-state index in [0.29, 0.717) is 0 Å². The predicted molar refractivity (Wildman–Crippen MR) is 67.8 cm³/mol. The molecular formula is C10H15ClN2OS. The van der Waals surface area contributed by atoms with Gasteiger partial charge in [0.2, 0.25) is 5.91 Å². The Balaban J connectivity index is 0.00000196. The van der Waals surface area contributed by atoms with Gasteiger partial charge in [-0.1, -0.05) is 6.92 Å². The van der Waals surface area contributed by atoms with E-state index < -0.39 is 0 Å². The molecule has 0 aliphatic heterocycles. The highest BCUT2D eigenvalue weighted by atomic mass is 35.5. The monoisotopic (exact) mass is 246 g/mol. The molecule has 0 saturated heterocycles. The molecule has 0 spiro atoms. The molecule has 1 amide bonds. The molecule has 0 aliphatic carbocycles. The maximum absolute atomic E-state index is 11.0. The molecule has 0 saturated carbocycles. The van der Waals surface area contributed by atoms with E-state index in [1.165, 1.54) is 4.90 Å². The van der Waals surface area contributed by atoms with Gasteiger partial charge in [0.1, 0.15) is 0 Å². The van der Waals surface area contributed by atoms with Crippen molar-refractivity contribution in [2.45, 2.75) is 11.8 Å². The van der Waals surface area contributed by atoms with Crippen LogP contribution in [0.15, 0.2) is 29.2 Å². The van der Waals surface area contributed by atoms with Crippen LogP contribution in [0.1, 0.15) is 6.92 Å². The van der Waals surface area contributed by atoms with Gasteiger partial charge in [-0.25, -0.2) is 0 Å². The molecule has 15 heavy (non-hydrogen) atoms. The van der Waals surface area contributed by atoms with Crippen molar-refractivity contribution in [3.8, 4) is 0 Å². The highest BCUT2D eigenvalue weighted by Gasteiger charge is 1.98. The first-order chi connectivity index (χ1) is 6.76. The molecule has 84 valence electrons. The Labute approximate surface area is 100 Å². The normalized spacial score (nSPS) is 9.20. The molecule has 0 atom stereocenters. The molecule has 3 nitrogen and oxygen atoms in total. The van der Waals surface area contributed by atoms with Crippen molar-refractivity contribution in [1.82, 2.24) is 0 Å². The van der Waals surface area contributed by atoms with Gasteiger partial charge in [0.25, 0.3) is 0 Å². The van der Waals surface area contributed by atoms with Crippen molar-refractivity contribution < 1.29 is 4.79 Å². The molecule has 1 aromatic carbocycles. The summed E-state index contributed by atoms with van der Waals surface area (Å²) in [7, 11) is 0. The van der Waals surface area contributed by atoms with E-state index in [1.54, 1.807) is 11.8 Å². The second-order valence-electron chi connectivity index (χ2n) is 2.71. The number of halogens is 1. The van der Waals surface area contributed by atoms with Crippen molar-refractivity contribution in [2.75, 3.05) is 17.6 Å². The molecule has 0 heterocycles. The van der Waals surface area contributed by atoms with Crippen LogP contribution in [-0.4, -0.2) is 18.2 Å². The standard InChI is InChI=1S/C10H14N2OS.ClH/c1-2-14-9-5-3-8(4-6-9)12-10(13)7-11;/h3-6H,2,7,11H2,1H3,(H,12,13);1H. The van der Waals surface area contributed by atoms with Crippen LogP contribution in [0.5, 0.6) is 0 Å². The zero-order chi connectivity index (χ0) is 10.4. The van der Waals surface area contributed by atoms with Crippen molar-refractivity contribution in [3.63, 3.8) is 0 Å². The molecule has 0 fully saturated rings. The number of thioether (sulfide) groups is 1. The number of carbonyl (C=O) groups excluding carboxylic acids is 1. The number of nitrogens with one attached hydrogen (secondary N) is 1. The van der Waals surface area contributed by atoms with E-state index in [-0.39, 0.29) is 24.9 Å². The van der Waals surface area contributed by atoms with Gasteiger partial charge in [-0.15, -0.1) is 24.2 Å². The van der Waals surface area contributed by atoms with Gasteiger partial charge in [0, 0.05) is 10.6 Å². The molecule has 3 N–H and O–H groups in total. The van der Waals surface area contributed by atoms with E-state index in [0.717, 1.165) is 11.4 Å². The summed E-state index contributed by atoms with van der Waals surface area (Å²) in [6.07, 6.45) is 0. The molecular weight excluding hydrogens is 232 g/mol. The first-order valence-electron chi connectivity index (χ1n) is 4.49. The van der Waals surface area contributed by atoms with E-state index in [4.69, 9.17) is 5.73 Å². The fourth-order valence-electron chi connectivity index (χ4n) is 1.01. The summed E-state index contributed by atoms with van der Waals surface area (Å²) in [5.41, 5.74) is 5.97. The molecule has 0 aliphatic rings. The van der Waals surface area contributed by atoms with Crippen LogP contribution in [0.25, 0.3) is 0 Å². The smallest absolute Gasteiger partial charge is 0.238 e. The lowest BCUT2D eigenvalue weighted by atomic mass is 10.3. The average molecular weight is 247 g/mol. The first kappa shape index (κ1) is 14.3. The topological polar surface area (TPSA) is 55.1 Å². The summed E-state index contributed by atoms with van der Waals surface area (Å²) >= 11 is 1.77. The van der Waals surface area contributed by atoms with E-state index in [1.807, 2.05) is 24.3 Å². The highest BCUT2D eigenvalue weighted by molar-refractivity contribution is 7.99. The quantitative estimate of drug-likeness (QED) is 0.801. The molecule has 1 aromatic rings. The van der Waals surface area contributed by atoms with Gasteiger partial charge < -0.3 is 11.1 Å². The fourth-order valence-corrected chi connectivity index (χ4v) is 1.68. The van der Waals surface area contributed by atoms with Crippen molar-refractivity contribution >= 4 is 35.8 Å². The summed E-state index contributed by atoms with van der Waals surface area (Å²) in [4.78, 5) is 12.2. The molecule has 0 radical (unpaired) electrons. The Morgan fingerprint density at radius 1 is 1.40 bits per heavy atom. The minimum absolute atomic E-state index is 0. The number of benzene rings is 1. The Morgan fingerprint density at radius 2 is 2.00 bits per heavy atom. The van der Waals surface area contributed by atoms with Gasteiger partial charge >= 0.3 is 0 Å². The highest BCUT2D eigenvalue weighted by Crippen LogP contribution is 2.19. The third-order valence-electron chi connectivity index (χ3n) is 1.63. The molecule has 0 unspecified atom stereocenters. The Kier molecular flexibility index (Phi) is 7.21. The van der Waals surface area contributed by atoms with Gasteiger partial charge in [-0.3, -0.25) is 4.79 Å². The average Bonchev–Trinajstić information content (AvgIpc) is 2.21. The predicted octanol–water partition coefficient (Wildman–Crippen LogP) is 2.12. The number of amides is 1. The molecule has 1 rings (SSSR count). The summed E-state index contributed by atoms with van der Waals surface area (Å²) < 4.78 is 0. The number of rotatable bonds is 4. The summed E-state index contributed by atoms with van der Waals surface area (Å²) in [6.45, 7) is 2.13. The maximum atomic E-state index is 11.0. The molecule has 5 heteroatoms. The Bertz CT molecular complexity index is 303. The van der Waals surface area contributed by atoms with E-state index >= 15 is 0 Å². The number of carbonyl (C=O) groups is 1. The van der Waals surface area contributed by atoms with Gasteiger partial charge in [-0.2, -0.15) is 0 Å².